The summed E-state index contributed by atoms with van der Waals surface area (Å²) in [5.74, 6) is 3.10. The standard InChI is InChI=1S/C17H29N3O/c1-4-11-21-16-12-15(18-13(3)5-2)19-17(20-16)14-9-7-6-8-10-14/h12-14H,4-11H2,1-3H3,(H,18,19,20). The fraction of sp³-hybridized carbons (Fsp3) is 0.765. The molecule has 1 fully saturated rings. The van der Waals surface area contributed by atoms with Crippen LogP contribution in [0.5, 0.6) is 5.88 Å². The zero-order valence-corrected chi connectivity index (χ0v) is 13.7. The van der Waals surface area contributed by atoms with E-state index < -0.39 is 0 Å². The summed E-state index contributed by atoms with van der Waals surface area (Å²) in [7, 11) is 0. The maximum atomic E-state index is 5.75. The van der Waals surface area contributed by atoms with Crippen LogP contribution in [0.15, 0.2) is 6.07 Å². The van der Waals surface area contributed by atoms with E-state index in [-0.39, 0.29) is 0 Å². The van der Waals surface area contributed by atoms with Crippen LogP contribution in [0.25, 0.3) is 0 Å². The summed E-state index contributed by atoms with van der Waals surface area (Å²) in [5, 5.41) is 3.46. The molecule has 118 valence electrons. The maximum absolute atomic E-state index is 5.75. The number of anilines is 1. The minimum absolute atomic E-state index is 0.415. The number of hydrogen-bond donors (Lipinski definition) is 1. The van der Waals surface area contributed by atoms with Gasteiger partial charge in [0.15, 0.2) is 0 Å². The molecular weight excluding hydrogens is 262 g/mol. The quantitative estimate of drug-likeness (QED) is 0.802. The van der Waals surface area contributed by atoms with E-state index in [1.54, 1.807) is 0 Å². The Balaban J connectivity index is 2.18. The first kappa shape index (κ1) is 16.1. The van der Waals surface area contributed by atoms with Gasteiger partial charge in [-0.05, 0) is 32.6 Å². The third kappa shape index (κ3) is 4.87. The topological polar surface area (TPSA) is 47.0 Å². The van der Waals surface area contributed by atoms with Crippen molar-refractivity contribution in [3.05, 3.63) is 11.9 Å². The fourth-order valence-electron chi connectivity index (χ4n) is 2.70. The van der Waals surface area contributed by atoms with Crippen LogP contribution in [0, 0.1) is 0 Å². The van der Waals surface area contributed by atoms with Gasteiger partial charge in [-0.1, -0.05) is 33.1 Å². The summed E-state index contributed by atoms with van der Waals surface area (Å²) < 4.78 is 5.75. The molecule has 1 aromatic heterocycles. The molecule has 0 radical (unpaired) electrons. The van der Waals surface area contributed by atoms with Gasteiger partial charge in [0.05, 0.1) is 6.61 Å². The zero-order valence-electron chi connectivity index (χ0n) is 13.7. The SMILES string of the molecule is CCCOc1cc(NC(C)CC)nc(C2CCCCC2)n1. The molecule has 1 aromatic rings. The number of nitrogens with zero attached hydrogens (tertiary/aromatic N) is 2. The van der Waals surface area contributed by atoms with E-state index in [1.807, 2.05) is 6.07 Å². The monoisotopic (exact) mass is 291 g/mol. The van der Waals surface area contributed by atoms with Crippen molar-refractivity contribution in [2.45, 2.75) is 77.7 Å². The van der Waals surface area contributed by atoms with Crippen LogP contribution in [0.3, 0.4) is 0 Å². The third-order valence-corrected chi connectivity index (χ3v) is 4.15. The highest BCUT2D eigenvalue weighted by molar-refractivity contribution is 5.39. The predicted octanol–water partition coefficient (Wildman–Crippen LogP) is 4.52. The number of ether oxygens (including phenoxy) is 1. The molecule has 0 saturated heterocycles. The summed E-state index contributed by atoms with van der Waals surface area (Å²) in [6, 6.07) is 2.35. The van der Waals surface area contributed by atoms with Gasteiger partial charge >= 0.3 is 0 Å². The predicted molar refractivity (Wildman–Crippen MR) is 87.0 cm³/mol. The largest absolute Gasteiger partial charge is 0.478 e. The van der Waals surface area contributed by atoms with Crippen molar-refractivity contribution in [1.29, 1.82) is 0 Å². The average molecular weight is 291 g/mol. The molecule has 1 saturated carbocycles. The van der Waals surface area contributed by atoms with Gasteiger partial charge in [0.2, 0.25) is 5.88 Å². The Bertz CT molecular complexity index is 430. The van der Waals surface area contributed by atoms with Crippen LogP contribution < -0.4 is 10.1 Å². The molecule has 0 spiro atoms. The summed E-state index contributed by atoms with van der Waals surface area (Å²) in [6.07, 6.45) is 8.43. The molecule has 2 rings (SSSR count). The van der Waals surface area contributed by atoms with E-state index in [9.17, 15) is 0 Å². The van der Waals surface area contributed by atoms with Gasteiger partial charge in [-0.2, -0.15) is 4.98 Å². The van der Waals surface area contributed by atoms with Crippen LogP contribution >= 0.6 is 0 Å². The smallest absolute Gasteiger partial charge is 0.218 e. The number of nitrogens with one attached hydrogen (secondary N) is 1. The first-order valence-electron chi connectivity index (χ1n) is 8.51. The van der Waals surface area contributed by atoms with Gasteiger partial charge in [0.25, 0.3) is 0 Å². The normalized spacial score (nSPS) is 17.5. The Morgan fingerprint density at radius 3 is 2.67 bits per heavy atom. The Morgan fingerprint density at radius 2 is 2.00 bits per heavy atom. The summed E-state index contributed by atoms with van der Waals surface area (Å²) >= 11 is 0. The lowest BCUT2D eigenvalue weighted by molar-refractivity contribution is 0.301. The van der Waals surface area contributed by atoms with E-state index in [4.69, 9.17) is 9.72 Å². The molecule has 1 heterocycles. The maximum Gasteiger partial charge on any atom is 0.218 e. The second-order valence-corrected chi connectivity index (χ2v) is 6.09. The molecule has 4 nitrogen and oxygen atoms in total. The molecule has 1 aliphatic rings. The lowest BCUT2D eigenvalue weighted by Gasteiger charge is -2.22. The third-order valence-electron chi connectivity index (χ3n) is 4.15. The van der Waals surface area contributed by atoms with Crippen molar-refractivity contribution in [3.8, 4) is 5.88 Å². The van der Waals surface area contributed by atoms with E-state index >= 15 is 0 Å². The summed E-state index contributed by atoms with van der Waals surface area (Å²) in [5.41, 5.74) is 0. The molecule has 4 heteroatoms. The van der Waals surface area contributed by atoms with Crippen molar-refractivity contribution in [2.24, 2.45) is 0 Å². The first-order chi connectivity index (χ1) is 10.2. The number of hydrogen-bond acceptors (Lipinski definition) is 4. The van der Waals surface area contributed by atoms with Crippen molar-refractivity contribution >= 4 is 5.82 Å². The van der Waals surface area contributed by atoms with Crippen LogP contribution in [0.4, 0.5) is 5.82 Å². The highest BCUT2D eigenvalue weighted by Gasteiger charge is 2.20. The molecule has 0 aromatic carbocycles. The number of rotatable bonds is 7. The second-order valence-electron chi connectivity index (χ2n) is 6.09. The Hall–Kier alpha value is -1.32. The Kier molecular flexibility index (Phi) is 6.27. The lowest BCUT2D eigenvalue weighted by atomic mass is 9.89. The first-order valence-corrected chi connectivity index (χ1v) is 8.51. The van der Waals surface area contributed by atoms with Crippen molar-refractivity contribution in [1.82, 2.24) is 9.97 Å². The van der Waals surface area contributed by atoms with Crippen LogP contribution in [-0.2, 0) is 0 Å². The molecule has 0 amide bonds. The fourth-order valence-corrected chi connectivity index (χ4v) is 2.70. The van der Waals surface area contributed by atoms with Gasteiger partial charge in [0.1, 0.15) is 11.6 Å². The highest BCUT2D eigenvalue weighted by atomic mass is 16.5. The zero-order chi connectivity index (χ0) is 15.1. The molecule has 1 atom stereocenters. The average Bonchev–Trinajstić information content (AvgIpc) is 2.53. The van der Waals surface area contributed by atoms with Crippen molar-refractivity contribution in [3.63, 3.8) is 0 Å². The van der Waals surface area contributed by atoms with E-state index in [0.717, 1.165) is 30.4 Å². The van der Waals surface area contributed by atoms with Gasteiger partial charge < -0.3 is 10.1 Å². The van der Waals surface area contributed by atoms with E-state index in [2.05, 4.69) is 31.1 Å². The van der Waals surface area contributed by atoms with Gasteiger partial charge in [-0.3, -0.25) is 0 Å². The Morgan fingerprint density at radius 1 is 1.24 bits per heavy atom. The minimum atomic E-state index is 0.415. The lowest BCUT2D eigenvalue weighted by Crippen LogP contribution is -2.17. The highest BCUT2D eigenvalue weighted by Crippen LogP contribution is 2.32. The molecule has 0 aliphatic heterocycles. The Labute approximate surface area is 128 Å². The van der Waals surface area contributed by atoms with Crippen LogP contribution in [-0.4, -0.2) is 22.6 Å². The van der Waals surface area contributed by atoms with Gasteiger partial charge in [-0.15, -0.1) is 0 Å². The molecule has 1 N–H and O–H groups in total. The minimum Gasteiger partial charge on any atom is -0.478 e. The number of aromatic nitrogens is 2. The van der Waals surface area contributed by atoms with Crippen molar-refractivity contribution < 1.29 is 4.74 Å². The second kappa shape index (κ2) is 8.20. The van der Waals surface area contributed by atoms with E-state index in [1.165, 1.54) is 32.1 Å². The molecule has 0 bridgehead atoms. The van der Waals surface area contributed by atoms with E-state index in [0.29, 0.717) is 18.6 Å². The summed E-state index contributed by atoms with van der Waals surface area (Å²) in [4.78, 5) is 9.41. The molecule has 1 unspecified atom stereocenters. The molecule has 1 aliphatic carbocycles. The summed E-state index contributed by atoms with van der Waals surface area (Å²) in [6.45, 7) is 7.18. The molecular formula is C17H29N3O. The van der Waals surface area contributed by atoms with Crippen molar-refractivity contribution in [2.75, 3.05) is 11.9 Å². The van der Waals surface area contributed by atoms with Crippen LogP contribution in [0.1, 0.15) is 77.5 Å². The van der Waals surface area contributed by atoms with Gasteiger partial charge in [0, 0.05) is 18.0 Å². The molecule has 21 heavy (non-hydrogen) atoms. The van der Waals surface area contributed by atoms with Gasteiger partial charge in [-0.25, -0.2) is 4.98 Å². The van der Waals surface area contributed by atoms with Crippen LogP contribution in [0.2, 0.25) is 0 Å².